The van der Waals surface area contributed by atoms with E-state index in [2.05, 4.69) is 10.3 Å². The highest BCUT2D eigenvalue weighted by molar-refractivity contribution is 5.99. The number of carbonyl (C=O) groups is 2. The number of pyridine rings is 1. The number of benzene rings is 2. The standard InChI is InChI=1S/C27H27N3O5/c1-2-34-25-15-18(27(32)30-11-13-33-14-12-30)7-9-21(25)29-26-16-24-19(17-28-26)8-10-22(31)20-5-3-4-6-23(20)35-24/h3-7,9,15-17H,2,8,10-14H2,1H3,(H,28,29). The molecule has 35 heavy (non-hydrogen) atoms. The maximum atomic E-state index is 12.9. The summed E-state index contributed by atoms with van der Waals surface area (Å²) in [5, 5.41) is 3.29. The number of hydrogen-bond donors (Lipinski definition) is 1. The molecule has 1 saturated heterocycles. The van der Waals surface area contributed by atoms with Gasteiger partial charge in [-0.15, -0.1) is 0 Å². The van der Waals surface area contributed by atoms with Crippen LogP contribution >= 0.6 is 0 Å². The van der Waals surface area contributed by atoms with Crippen molar-refractivity contribution in [2.45, 2.75) is 19.8 Å². The lowest BCUT2D eigenvalue weighted by Crippen LogP contribution is -2.40. The molecule has 5 rings (SSSR count). The maximum absolute atomic E-state index is 12.9. The Morgan fingerprint density at radius 3 is 2.74 bits per heavy atom. The average molecular weight is 474 g/mol. The minimum Gasteiger partial charge on any atom is -0.492 e. The molecule has 1 amide bonds. The number of ether oxygens (including phenoxy) is 3. The Labute approximate surface area is 203 Å². The lowest BCUT2D eigenvalue weighted by atomic mass is 10.0. The molecular formula is C27H27N3O5. The summed E-state index contributed by atoms with van der Waals surface area (Å²) in [6, 6.07) is 14.5. The Morgan fingerprint density at radius 1 is 1.09 bits per heavy atom. The van der Waals surface area contributed by atoms with E-state index in [9.17, 15) is 9.59 Å². The van der Waals surface area contributed by atoms with Crippen LogP contribution in [-0.2, 0) is 11.2 Å². The molecular weight excluding hydrogens is 446 g/mol. The summed E-state index contributed by atoms with van der Waals surface area (Å²) < 4.78 is 17.3. The van der Waals surface area contributed by atoms with Gasteiger partial charge in [-0.25, -0.2) is 4.98 Å². The van der Waals surface area contributed by atoms with Crippen molar-refractivity contribution < 1.29 is 23.8 Å². The third-order valence-electron chi connectivity index (χ3n) is 6.06. The van der Waals surface area contributed by atoms with E-state index in [1.54, 1.807) is 35.4 Å². The van der Waals surface area contributed by atoms with Crippen molar-refractivity contribution in [3.8, 4) is 17.2 Å². The number of para-hydroxylation sites is 1. The molecule has 3 heterocycles. The number of ketones is 1. The quantitative estimate of drug-likeness (QED) is 0.578. The number of aromatic nitrogens is 1. The number of hydrogen-bond acceptors (Lipinski definition) is 7. The van der Waals surface area contributed by atoms with Crippen LogP contribution in [0.25, 0.3) is 0 Å². The van der Waals surface area contributed by atoms with Gasteiger partial charge in [-0.2, -0.15) is 0 Å². The van der Waals surface area contributed by atoms with Crippen molar-refractivity contribution in [1.82, 2.24) is 9.88 Å². The first-order valence-electron chi connectivity index (χ1n) is 11.8. The first kappa shape index (κ1) is 22.9. The molecule has 0 saturated carbocycles. The van der Waals surface area contributed by atoms with Crippen molar-refractivity contribution in [2.75, 3.05) is 38.2 Å². The van der Waals surface area contributed by atoms with E-state index in [4.69, 9.17) is 14.2 Å². The lowest BCUT2D eigenvalue weighted by Gasteiger charge is -2.27. The average Bonchev–Trinajstić information content (AvgIpc) is 2.89. The van der Waals surface area contributed by atoms with Gasteiger partial charge in [0.25, 0.3) is 5.91 Å². The summed E-state index contributed by atoms with van der Waals surface area (Å²) in [4.78, 5) is 31.7. The number of rotatable bonds is 5. The molecule has 0 spiro atoms. The number of aryl methyl sites for hydroxylation is 1. The third-order valence-corrected chi connectivity index (χ3v) is 6.06. The molecule has 0 aliphatic carbocycles. The second-order valence-electron chi connectivity index (χ2n) is 8.37. The largest absolute Gasteiger partial charge is 0.492 e. The van der Waals surface area contributed by atoms with Crippen molar-refractivity contribution in [3.05, 3.63) is 71.4 Å². The SMILES string of the molecule is CCOc1cc(C(=O)N2CCOCC2)ccc1Nc1cc2c(cn1)CCC(=O)c1ccccc1O2. The van der Waals surface area contributed by atoms with Gasteiger partial charge in [-0.1, -0.05) is 12.1 Å². The number of anilines is 2. The van der Waals surface area contributed by atoms with Crippen molar-refractivity contribution >= 4 is 23.2 Å². The normalized spacial score (nSPS) is 15.2. The molecule has 1 N–H and O–H groups in total. The van der Waals surface area contributed by atoms with Crippen LogP contribution in [0.15, 0.2) is 54.7 Å². The Bertz CT molecular complexity index is 1250. The van der Waals surface area contributed by atoms with Gasteiger partial charge in [-0.05, 0) is 43.7 Å². The number of fused-ring (bicyclic) bond motifs is 2. The number of nitrogens with one attached hydrogen (secondary N) is 1. The molecule has 2 aromatic carbocycles. The molecule has 0 unspecified atom stereocenters. The van der Waals surface area contributed by atoms with Crippen LogP contribution in [0, 0.1) is 0 Å². The van der Waals surface area contributed by atoms with Crippen LogP contribution in [0.5, 0.6) is 17.2 Å². The number of amides is 1. The van der Waals surface area contributed by atoms with Gasteiger partial charge < -0.3 is 24.4 Å². The highest BCUT2D eigenvalue weighted by atomic mass is 16.5. The zero-order chi connectivity index (χ0) is 24.2. The van der Waals surface area contributed by atoms with Gasteiger partial charge in [-0.3, -0.25) is 9.59 Å². The number of nitrogens with zero attached hydrogens (tertiary/aromatic N) is 2. The van der Waals surface area contributed by atoms with E-state index in [-0.39, 0.29) is 11.7 Å². The molecule has 180 valence electrons. The first-order valence-corrected chi connectivity index (χ1v) is 11.8. The number of morpholine rings is 1. The third kappa shape index (κ3) is 4.97. The van der Waals surface area contributed by atoms with Crippen LogP contribution in [-0.4, -0.2) is 54.5 Å². The van der Waals surface area contributed by atoms with E-state index in [1.165, 1.54) is 0 Å². The summed E-state index contributed by atoms with van der Waals surface area (Å²) >= 11 is 0. The molecule has 1 fully saturated rings. The second kappa shape index (κ2) is 10.1. The van der Waals surface area contributed by atoms with Crippen LogP contribution in [0.1, 0.15) is 39.6 Å². The van der Waals surface area contributed by atoms with E-state index in [0.29, 0.717) is 85.6 Å². The van der Waals surface area contributed by atoms with Gasteiger partial charge in [0.1, 0.15) is 23.1 Å². The van der Waals surface area contributed by atoms with Gasteiger partial charge in [0.15, 0.2) is 5.78 Å². The Balaban J connectivity index is 1.40. The summed E-state index contributed by atoms with van der Waals surface area (Å²) in [6.07, 6.45) is 2.68. The van der Waals surface area contributed by atoms with Crippen LogP contribution in [0.3, 0.4) is 0 Å². The minimum absolute atomic E-state index is 0.0402. The molecule has 0 bridgehead atoms. The van der Waals surface area contributed by atoms with Gasteiger partial charge in [0, 0.05) is 42.9 Å². The van der Waals surface area contributed by atoms with E-state index in [0.717, 1.165) is 5.56 Å². The molecule has 0 atom stereocenters. The van der Waals surface area contributed by atoms with Gasteiger partial charge in [0.2, 0.25) is 0 Å². The summed E-state index contributed by atoms with van der Waals surface area (Å²) in [5.41, 5.74) is 2.72. The summed E-state index contributed by atoms with van der Waals surface area (Å²) in [6.45, 7) is 4.61. The van der Waals surface area contributed by atoms with Crippen LogP contribution < -0.4 is 14.8 Å². The topological polar surface area (TPSA) is 90.0 Å². The Hall–Kier alpha value is -3.91. The van der Waals surface area contributed by atoms with E-state index >= 15 is 0 Å². The fourth-order valence-corrected chi connectivity index (χ4v) is 4.22. The van der Waals surface area contributed by atoms with E-state index in [1.807, 2.05) is 31.2 Å². The number of carbonyl (C=O) groups excluding carboxylic acids is 2. The smallest absolute Gasteiger partial charge is 0.254 e. The van der Waals surface area contributed by atoms with Crippen molar-refractivity contribution in [2.24, 2.45) is 0 Å². The first-order chi connectivity index (χ1) is 17.1. The van der Waals surface area contributed by atoms with Crippen molar-refractivity contribution in [1.29, 1.82) is 0 Å². The zero-order valence-electron chi connectivity index (χ0n) is 19.6. The lowest BCUT2D eigenvalue weighted by molar-refractivity contribution is 0.0302. The minimum atomic E-state index is -0.0402. The van der Waals surface area contributed by atoms with Gasteiger partial charge >= 0.3 is 0 Å². The molecule has 3 aromatic rings. The molecule has 8 nitrogen and oxygen atoms in total. The Kier molecular flexibility index (Phi) is 6.63. The maximum Gasteiger partial charge on any atom is 0.254 e. The summed E-state index contributed by atoms with van der Waals surface area (Å²) in [7, 11) is 0. The Morgan fingerprint density at radius 2 is 1.91 bits per heavy atom. The number of Topliss-reactive ketones (excluding diaryl/α,β-unsaturated/α-hetero) is 1. The molecule has 2 aliphatic heterocycles. The highest BCUT2D eigenvalue weighted by Gasteiger charge is 2.21. The fraction of sp³-hybridized carbons (Fsp3) is 0.296. The predicted molar refractivity (Wildman–Crippen MR) is 131 cm³/mol. The molecule has 8 heteroatoms. The highest BCUT2D eigenvalue weighted by Crippen LogP contribution is 2.35. The molecule has 0 radical (unpaired) electrons. The monoisotopic (exact) mass is 473 g/mol. The van der Waals surface area contributed by atoms with Gasteiger partial charge in [0.05, 0.1) is 31.1 Å². The van der Waals surface area contributed by atoms with E-state index < -0.39 is 0 Å². The van der Waals surface area contributed by atoms with Crippen molar-refractivity contribution in [3.63, 3.8) is 0 Å². The predicted octanol–water partition coefficient (Wildman–Crippen LogP) is 4.62. The fourth-order valence-electron chi connectivity index (χ4n) is 4.22. The second-order valence-corrected chi connectivity index (χ2v) is 8.37. The summed E-state index contributed by atoms with van der Waals surface area (Å²) in [5.74, 6) is 2.35. The van der Waals surface area contributed by atoms with Crippen LogP contribution in [0.4, 0.5) is 11.5 Å². The van der Waals surface area contributed by atoms with Crippen LogP contribution in [0.2, 0.25) is 0 Å². The molecule has 1 aromatic heterocycles. The zero-order valence-corrected chi connectivity index (χ0v) is 19.6. The molecule has 2 aliphatic rings.